The fourth-order valence-corrected chi connectivity index (χ4v) is 6.04. The van der Waals surface area contributed by atoms with E-state index in [4.69, 9.17) is 22.4 Å². The molecule has 4 unspecified atom stereocenters. The van der Waals surface area contributed by atoms with Crippen LogP contribution in [-0.4, -0.2) is 68.0 Å². The summed E-state index contributed by atoms with van der Waals surface area (Å²) in [7, 11) is 5.88. The van der Waals surface area contributed by atoms with Crippen molar-refractivity contribution in [3.05, 3.63) is 0 Å². The zero-order chi connectivity index (χ0) is 31.4. The molecule has 6 nitrogen and oxygen atoms in total. The molecular formula is C36H70BNO5. The molecule has 1 saturated heterocycles. The van der Waals surface area contributed by atoms with Crippen molar-refractivity contribution in [1.29, 1.82) is 0 Å². The minimum absolute atomic E-state index is 0.128. The van der Waals surface area contributed by atoms with E-state index in [-0.39, 0.29) is 18.1 Å². The maximum Gasteiger partial charge on any atom is 0.219 e. The number of hydrogen-bond donors (Lipinski definition) is 3. The smallest absolute Gasteiger partial charge is 0.219 e. The molecule has 252 valence electrons. The molecule has 0 spiro atoms. The van der Waals surface area contributed by atoms with E-state index in [0.29, 0.717) is 25.6 Å². The first-order valence-corrected chi connectivity index (χ1v) is 18.5. The van der Waals surface area contributed by atoms with Crippen molar-refractivity contribution in [2.24, 2.45) is 5.92 Å². The number of amides is 1. The highest BCUT2D eigenvalue weighted by Gasteiger charge is 2.41. The fraction of sp³-hybridized carbons (Fsp3) is 0.972. The zero-order valence-corrected chi connectivity index (χ0v) is 28.4. The quantitative estimate of drug-likeness (QED) is 0.0547. The molecular weight excluding hydrogens is 537 g/mol. The van der Waals surface area contributed by atoms with Crippen LogP contribution in [-0.2, 0) is 14.3 Å². The van der Waals surface area contributed by atoms with Gasteiger partial charge in [-0.15, -0.1) is 0 Å². The highest BCUT2D eigenvalue weighted by molar-refractivity contribution is 6.11. The van der Waals surface area contributed by atoms with E-state index in [1.54, 1.807) is 0 Å². The second-order valence-electron chi connectivity index (χ2n) is 13.5. The Kier molecular flexibility index (Phi) is 27.1. The topological polar surface area (TPSA) is 88.0 Å². The van der Waals surface area contributed by atoms with Gasteiger partial charge in [0, 0.05) is 32.2 Å². The standard InChI is InChI=1S/C36H70BNO5/c1-31(2)26-27-32-35(34(41)36(37)43-32)42-30-24-20-22-28-38-33(40)25-21-18-16-14-12-10-8-6-4-3-5-7-9-11-13-15-17-19-23-29-39/h31-32,34-36,39,41H,3-30H2,1-2H3,(H,38,40). The molecule has 3 N–H and O–H groups in total. The second kappa shape index (κ2) is 28.8. The molecule has 43 heavy (non-hydrogen) atoms. The number of carbonyl (C=O) groups is 1. The SMILES string of the molecule is [B]C1OC(CCC(C)C)C(OCCCCCNC(=O)CCCCCCCCCCCCCCCCCCCCCO)C1O. The van der Waals surface area contributed by atoms with E-state index >= 15 is 0 Å². The van der Waals surface area contributed by atoms with Crippen molar-refractivity contribution in [3.63, 3.8) is 0 Å². The van der Waals surface area contributed by atoms with Crippen molar-refractivity contribution in [2.45, 2.75) is 199 Å². The Bertz CT molecular complexity index is 622. The number of ether oxygens (including phenoxy) is 2. The Morgan fingerprint density at radius 1 is 0.744 bits per heavy atom. The van der Waals surface area contributed by atoms with E-state index in [2.05, 4.69) is 19.2 Å². The summed E-state index contributed by atoms with van der Waals surface area (Å²) in [6.45, 7) is 6.02. The van der Waals surface area contributed by atoms with Crippen LogP contribution in [0.2, 0.25) is 0 Å². The molecule has 1 aliphatic heterocycles. The molecule has 7 heteroatoms. The van der Waals surface area contributed by atoms with Gasteiger partial charge in [-0.1, -0.05) is 123 Å². The van der Waals surface area contributed by atoms with Crippen molar-refractivity contribution in [1.82, 2.24) is 5.32 Å². The average Bonchev–Trinajstić information content (AvgIpc) is 3.26. The Morgan fingerprint density at radius 2 is 1.21 bits per heavy atom. The Balaban J connectivity index is 1.80. The van der Waals surface area contributed by atoms with Gasteiger partial charge in [-0.05, 0) is 50.9 Å². The van der Waals surface area contributed by atoms with Gasteiger partial charge in [-0.25, -0.2) is 0 Å². The summed E-state index contributed by atoms with van der Waals surface area (Å²) >= 11 is 0. The lowest BCUT2D eigenvalue weighted by molar-refractivity contribution is -0.121. The number of carbonyl (C=O) groups excluding carboxylic acids is 1. The summed E-state index contributed by atoms with van der Waals surface area (Å²) in [5, 5.41) is 22.1. The van der Waals surface area contributed by atoms with Crippen LogP contribution < -0.4 is 5.32 Å². The average molecular weight is 608 g/mol. The third kappa shape index (κ3) is 23.4. The highest BCUT2D eigenvalue weighted by atomic mass is 16.6. The third-order valence-electron chi connectivity index (χ3n) is 8.92. The summed E-state index contributed by atoms with van der Waals surface area (Å²) in [4.78, 5) is 12.1. The van der Waals surface area contributed by atoms with Crippen LogP contribution in [0.15, 0.2) is 0 Å². The van der Waals surface area contributed by atoms with Crippen LogP contribution in [0.5, 0.6) is 0 Å². The van der Waals surface area contributed by atoms with E-state index in [0.717, 1.165) is 57.9 Å². The lowest BCUT2D eigenvalue weighted by Gasteiger charge is -2.21. The Morgan fingerprint density at radius 3 is 1.70 bits per heavy atom. The molecule has 0 bridgehead atoms. The largest absolute Gasteiger partial charge is 0.396 e. The first kappa shape index (κ1) is 40.4. The lowest BCUT2D eigenvalue weighted by atomic mass is 9.92. The van der Waals surface area contributed by atoms with Crippen molar-refractivity contribution >= 4 is 13.8 Å². The molecule has 1 aliphatic rings. The van der Waals surface area contributed by atoms with Gasteiger partial charge in [-0.2, -0.15) is 0 Å². The van der Waals surface area contributed by atoms with Crippen LogP contribution >= 0.6 is 0 Å². The monoisotopic (exact) mass is 608 g/mol. The molecule has 0 aliphatic carbocycles. The predicted octanol–water partition coefficient (Wildman–Crippen LogP) is 8.14. The molecule has 0 aromatic heterocycles. The molecule has 0 aromatic rings. The Hall–Kier alpha value is -0.625. The van der Waals surface area contributed by atoms with Crippen LogP contribution in [0.4, 0.5) is 0 Å². The lowest BCUT2D eigenvalue weighted by Crippen LogP contribution is -2.35. The fourth-order valence-electron chi connectivity index (χ4n) is 6.04. The van der Waals surface area contributed by atoms with Crippen LogP contribution in [0.3, 0.4) is 0 Å². The minimum Gasteiger partial charge on any atom is -0.396 e. The summed E-state index contributed by atoms with van der Waals surface area (Å²) in [6.07, 6.45) is 28.9. The maximum absolute atomic E-state index is 12.1. The predicted molar refractivity (Wildman–Crippen MR) is 181 cm³/mol. The normalized spacial score (nSPS) is 20.3. The number of nitrogens with one attached hydrogen (secondary N) is 1. The zero-order valence-electron chi connectivity index (χ0n) is 28.4. The first-order chi connectivity index (χ1) is 21.0. The molecule has 0 aromatic carbocycles. The van der Waals surface area contributed by atoms with E-state index in [1.165, 1.54) is 103 Å². The van der Waals surface area contributed by atoms with E-state index in [9.17, 15) is 9.90 Å². The van der Waals surface area contributed by atoms with Crippen molar-refractivity contribution in [2.75, 3.05) is 19.8 Å². The molecule has 4 atom stereocenters. The van der Waals surface area contributed by atoms with Crippen LogP contribution in [0.1, 0.15) is 174 Å². The maximum atomic E-state index is 12.1. The molecule has 1 rings (SSSR count). The van der Waals surface area contributed by atoms with E-state index in [1.807, 2.05) is 0 Å². The number of rotatable bonds is 31. The summed E-state index contributed by atoms with van der Waals surface area (Å²) in [6, 6.07) is -0.660. The third-order valence-corrected chi connectivity index (χ3v) is 8.92. The van der Waals surface area contributed by atoms with Gasteiger partial charge < -0.3 is 25.0 Å². The minimum atomic E-state index is -0.763. The van der Waals surface area contributed by atoms with Crippen LogP contribution in [0.25, 0.3) is 0 Å². The summed E-state index contributed by atoms with van der Waals surface area (Å²) < 4.78 is 11.7. The van der Waals surface area contributed by atoms with Gasteiger partial charge in [-0.3, -0.25) is 4.79 Å². The van der Waals surface area contributed by atoms with Crippen molar-refractivity contribution < 1.29 is 24.5 Å². The number of unbranched alkanes of at least 4 members (excludes halogenated alkanes) is 20. The van der Waals surface area contributed by atoms with Gasteiger partial charge in [0.15, 0.2) is 0 Å². The second-order valence-corrected chi connectivity index (χ2v) is 13.5. The molecule has 1 fully saturated rings. The highest BCUT2D eigenvalue weighted by Crippen LogP contribution is 2.27. The molecule has 0 saturated carbocycles. The van der Waals surface area contributed by atoms with Gasteiger partial charge in [0.1, 0.15) is 20.1 Å². The van der Waals surface area contributed by atoms with Gasteiger partial charge in [0.25, 0.3) is 0 Å². The number of hydrogen-bond acceptors (Lipinski definition) is 5. The Labute approximate surface area is 267 Å². The molecule has 2 radical (unpaired) electrons. The first-order valence-electron chi connectivity index (χ1n) is 18.5. The van der Waals surface area contributed by atoms with Gasteiger partial charge in [0.05, 0.1) is 6.10 Å². The number of aliphatic hydroxyl groups is 2. The molecule has 1 amide bonds. The van der Waals surface area contributed by atoms with Gasteiger partial charge >= 0.3 is 0 Å². The van der Waals surface area contributed by atoms with Crippen LogP contribution in [0, 0.1) is 5.92 Å². The number of aliphatic hydroxyl groups excluding tert-OH is 2. The molecule has 1 heterocycles. The summed E-state index contributed by atoms with van der Waals surface area (Å²) in [5.74, 6) is 0.761. The van der Waals surface area contributed by atoms with Gasteiger partial charge in [0.2, 0.25) is 5.91 Å². The van der Waals surface area contributed by atoms with Crippen molar-refractivity contribution in [3.8, 4) is 0 Å². The summed E-state index contributed by atoms with van der Waals surface area (Å²) in [5.41, 5.74) is 0. The van der Waals surface area contributed by atoms with E-state index < -0.39 is 12.1 Å².